The number of imidazole rings is 1. The van der Waals surface area contributed by atoms with E-state index < -0.39 is 11.4 Å². The predicted molar refractivity (Wildman–Crippen MR) is 65.9 cm³/mol. The summed E-state index contributed by atoms with van der Waals surface area (Å²) in [5.41, 5.74) is -1.04. The largest absolute Gasteiger partial charge is 0.481 e. The third-order valence-corrected chi connectivity index (χ3v) is 2.63. The molecule has 0 aliphatic heterocycles. The summed E-state index contributed by atoms with van der Waals surface area (Å²) < 4.78 is 1.85. The highest BCUT2D eigenvalue weighted by Gasteiger charge is 2.30. The summed E-state index contributed by atoms with van der Waals surface area (Å²) in [6, 6.07) is -0.0729. The van der Waals surface area contributed by atoms with E-state index in [4.69, 9.17) is 5.11 Å². The lowest BCUT2D eigenvalue weighted by molar-refractivity contribution is -0.149. The van der Waals surface area contributed by atoms with Crippen LogP contribution in [-0.2, 0) is 16.1 Å². The Kier molecular flexibility index (Phi) is 4.47. The number of carboxylic acid groups (broad SMARTS) is 1. The lowest BCUT2D eigenvalue weighted by atomic mass is 9.89. The first-order valence-electron chi connectivity index (χ1n) is 5.80. The van der Waals surface area contributed by atoms with Gasteiger partial charge in [0.15, 0.2) is 0 Å². The Bertz CT molecular complexity index is 412. The minimum Gasteiger partial charge on any atom is -0.481 e. The van der Waals surface area contributed by atoms with E-state index in [1.807, 2.05) is 17.7 Å². The number of rotatable bonds is 6. The quantitative estimate of drug-likeness (QED) is 0.788. The van der Waals surface area contributed by atoms with Crippen LogP contribution in [0.1, 0.15) is 27.2 Å². The van der Waals surface area contributed by atoms with Gasteiger partial charge in [-0.15, -0.1) is 0 Å². The molecule has 0 aliphatic rings. The van der Waals surface area contributed by atoms with Crippen LogP contribution in [0.3, 0.4) is 0 Å². The van der Waals surface area contributed by atoms with Gasteiger partial charge in [-0.25, -0.2) is 4.98 Å². The van der Waals surface area contributed by atoms with Crippen LogP contribution in [0.15, 0.2) is 18.7 Å². The maximum absolute atomic E-state index is 11.7. The van der Waals surface area contributed by atoms with Crippen molar-refractivity contribution >= 4 is 11.9 Å². The second-order valence-electron chi connectivity index (χ2n) is 5.09. The Labute approximate surface area is 106 Å². The van der Waals surface area contributed by atoms with Crippen molar-refractivity contribution in [2.45, 2.75) is 39.8 Å². The Morgan fingerprint density at radius 1 is 1.50 bits per heavy atom. The molecule has 0 spiro atoms. The number of nitrogens with zero attached hydrogens (tertiary/aromatic N) is 2. The summed E-state index contributed by atoms with van der Waals surface area (Å²) in [4.78, 5) is 26.5. The zero-order valence-electron chi connectivity index (χ0n) is 10.9. The number of hydrogen-bond acceptors (Lipinski definition) is 3. The fourth-order valence-corrected chi connectivity index (χ4v) is 1.56. The van der Waals surface area contributed by atoms with Crippen LogP contribution in [0.4, 0.5) is 0 Å². The molecule has 0 saturated heterocycles. The van der Waals surface area contributed by atoms with Gasteiger partial charge in [-0.3, -0.25) is 9.59 Å². The van der Waals surface area contributed by atoms with Crippen LogP contribution >= 0.6 is 0 Å². The summed E-state index contributed by atoms with van der Waals surface area (Å²) in [5.74, 6) is -1.23. The van der Waals surface area contributed by atoms with Crippen molar-refractivity contribution in [2.75, 3.05) is 0 Å². The van der Waals surface area contributed by atoms with E-state index in [-0.39, 0.29) is 18.4 Å². The molecule has 6 heteroatoms. The minimum absolute atomic E-state index is 0.0311. The van der Waals surface area contributed by atoms with Crippen molar-refractivity contribution < 1.29 is 14.7 Å². The van der Waals surface area contributed by atoms with Crippen molar-refractivity contribution in [1.82, 2.24) is 14.9 Å². The van der Waals surface area contributed by atoms with Crippen molar-refractivity contribution in [3.05, 3.63) is 18.7 Å². The molecule has 0 aromatic carbocycles. The first-order valence-corrected chi connectivity index (χ1v) is 5.80. The third kappa shape index (κ3) is 4.20. The predicted octanol–water partition coefficient (Wildman–Crippen LogP) is 0.889. The molecule has 0 aliphatic carbocycles. The fraction of sp³-hybridized carbons (Fsp3) is 0.583. The molecular weight excluding hydrogens is 234 g/mol. The molecular formula is C12H19N3O3. The molecule has 1 aromatic heterocycles. The molecule has 1 aromatic rings. The van der Waals surface area contributed by atoms with Crippen molar-refractivity contribution in [3.63, 3.8) is 0 Å². The summed E-state index contributed by atoms with van der Waals surface area (Å²) in [7, 11) is 0. The number of nitrogens with one attached hydrogen (secondary N) is 1. The van der Waals surface area contributed by atoms with E-state index in [9.17, 15) is 9.59 Å². The lowest BCUT2D eigenvalue weighted by Crippen LogP contribution is -2.39. The van der Waals surface area contributed by atoms with Crippen LogP contribution < -0.4 is 5.32 Å². The van der Waals surface area contributed by atoms with Gasteiger partial charge >= 0.3 is 5.97 Å². The summed E-state index contributed by atoms with van der Waals surface area (Å²) >= 11 is 0. The second kappa shape index (κ2) is 5.66. The molecule has 1 atom stereocenters. The highest BCUT2D eigenvalue weighted by Crippen LogP contribution is 2.20. The van der Waals surface area contributed by atoms with Gasteiger partial charge in [-0.1, -0.05) is 0 Å². The molecule has 6 nitrogen and oxygen atoms in total. The Hall–Kier alpha value is -1.85. The van der Waals surface area contributed by atoms with Crippen LogP contribution in [0.2, 0.25) is 0 Å². The Morgan fingerprint density at radius 3 is 2.67 bits per heavy atom. The summed E-state index contributed by atoms with van der Waals surface area (Å²) in [6.45, 7) is 5.55. The van der Waals surface area contributed by atoms with E-state index in [1.165, 1.54) is 13.8 Å². The van der Waals surface area contributed by atoms with Crippen molar-refractivity contribution in [2.24, 2.45) is 5.41 Å². The first kappa shape index (κ1) is 14.2. The molecule has 18 heavy (non-hydrogen) atoms. The monoisotopic (exact) mass is 253 g/mol. The van der Waals surface area contributed by atoms with E-state index >= 15 is 0 Å². The van der Waals surface area contributed by atoms with Crippen LogP contribution in [-0.4, -0.2) is 32.6 Å². The SMILES string of the molecule is CC(Cn1ccnc1)NC(=O)CC(C)(C)C(=O)O. The van der Waals surface area contributed by atoms with Gasteiger partial charge in [0.1, 0.15) is 0 Å². The van der Waals surface area contributed by atoms with E-state index in [0.717, 1.165) is 0 Å². The van der Waals surface area contributed by atoms with Crippen LogP contribution in [0.25, 0.3) is 0 Å². The molecule has 0 fully saturated rings. The number of aromatic nitrogens is 2. The third-order valence-electron chi connectivity index (χ3n) is 2.63. The van der Waals surface area contributed by atoms with Gasteiger partial charge in [0.2, 0.25) is 5.91 Å². The highest BCUT2D eigenvalue weighted by molar-refractivity contribution is 5.84. The van der Waals surface area contributed by atoms with Gasteiger partial charge in [0, 0.05) is 31.4 Å². The smallest absolute Gasteiger partial charge is 0.309 e. The maximum Gasteiger partial charge on any atom is 0.309 e. The Morgan fingerprint density at radius 2 is 2.17 bits per heavy atom. The minimum atomic E-state index is -1.04. The number of aliphatic carboxylic acids is 1. The van der Waals surface area contributed by atoms with Gasteiger partial charge < -0.3 is 15.0 Å². The van der Waals surface area contributed by atoms with Gasteiger partial charge in [0.05, 0.1) is 11.7 Å². The van der Waals surface area contributed by atoms with Crippen LogP contribution in [0, 0.1) is 5.41 Å². The average molecular weight is 253 g/mol. The van der Waals surface area contributed by atoms with Gasteiger partial charge in [-0.05, 0) is 20.8 Å². The first-order chi connectivity index (χ1) is 8.31. The molecule has 0 radical (unpaired) electrons. The normalized spacial score (nSPS) is 13.1. The average Bonchev–Trinajstić information content (AvgIpc) is 2.68. The van der Waals surface area contributed by atoms with E-state index in [0.29, 0.717) is 6.54 Å². The highest BCUT2D eigenvalue weighted by atomic mass is 16.4. The Balaban J connectivity index is 2.43. The standard InChI is InChI=1S/C12H19N3O3/c1-9(7-15-5-4-13-8-15)14-10(16)6-12(2,3)11(17)18/h4-5,8-9H,6-7H2,1-3H3,(H,14,16)(H,17,18). The van der Waals surface area contributed by atoms with Gasteiger partial charge in [0.25, 0.3) is 0 Å². The van der Waals surface area contributed by atoms with Gasteiger partial charge in [-0.2, -0.15) is 0 Å². The number of hydrogen-bond donors (Lipinski definition) is 2. The maximum atomic E-state index is 11.7. The molecule has 0 saturated carbocycles. The zero-order valence-corrected chi connectivity index (χ0v) is 10.9. The van der Waals surface area contributed by atoms with Crippen molar-refractivity contribution in [3.8, 4) is 0 Å². The number of carbonyl (C=O) groups excluding carboxylic acids is 1. The molecule has 1 amide bonds. The van der Waals surface area contributed by atoms with E-state index in [1.54, 1.807) is 12.5 Å². The zero-order chi connectivity index (χ0) is 13.8. The molecule has 0 bridgehead atoms. The summed E-state index contributed by atoms with van der Waals surface area (Å²) in [6.07, 6.45) is 5.12. The number of carbonyl (C=O) groups is 2. The van der Waals surface area contributed by atoms with E-state index in [2.05, 4.69) is 10.3 Å². The van der Waals surface area contributed by atoms with Crippen molar-refractivity contribution in [1.29, 1.82) is 0 Å². The topological polar surface area (TPSA) is 84.2 Å². The summed E-state index contributed by atoms with van der Waals surface area (Å²) in [5, 5.41) is 11.7. The van der Waals surface area contributed by atoms with Crippen LogP contribution in [0.5, 0.6) is 0 Å². The second-order valence-corrected chi connectivity index (χ2v) is 5.09. The molecule has 1 heterocycles. The molecule has 1 rings (SSSR count). The number of carboxylic acids is 1. The molecule has 100 valence electrons. The fourth-order valence-electron chi connectivity index (χ4n) is 1.56. The lowest BCUT2D eigenvalue weighted by Gasteiger charge is -2.20. The molecule has 2 N–H and O–H groups in total. The molecule has 1 unspecified atom stereocenters. The number of amides is 1.